The van der Waals surface area contributed by atoms with Crippen LogP contribution in [0.15, 0.2) is 24.3 Å². The SMILES string of the molecule is CCCNCC(C)(CC)Oc1cccc(OCC)c1. The lowest BCUT2D eigenvalue weighted by atomic mass is 10.0. The zero-order chi connectivity index (χ0) is 14.1. The van der Waals surface area contributed by atoms with Crippen LogP contribution in [-0.2, 0) is 0 Å². The molecule has 0 aliphatic heterocycles. The number of nitrogens with one attached hydrogen (secondary N) is 1. The van der Waals surface area contributed by atoms with E-state index in [4.69, 9.17) is 9.47 Å². The highest BCUT2D eigenvalue weighted by Crippen LogP contribution is 2.25. The molecule has 0 saturated carbocycles. The maximum atomic E-state index is 6.14. The maximum Gasteiger partial charge on any atom is 0.123 e. The van der Waals surface area contributed by atoms with Crippen LogP contribution in [0.2, 0.25) is 0 Å². The Bertz CT molecular complexity index is 368. The first kappa shape index (κ1) is 15.8. The van der Waals surface area contributed by atoms with Gasteiger partial charge in [0.05, 0.1) is 6.61 Å². The lowest BCUT2D eigenvalue weighted by molar-refractivity contribution is 0.0834. The van der Waals surface area contributed by atoms with E-state index in [1.165, 1.54) is 0 Å². The van der Waals surface area contributed by atoms with Crippen molar-refractivity contribution in [2.24, 2.45) is 0 Å². The molecule has 0 aromatic heterocycles. The third kappa shape index (κ3) is 5.52. The summed E-state index contributed by atoms with van der Waals surface area (Å²) in [5, 5.41) is 3.43. The summed E-state index contributed by atoms with van der Waals surface area (Å²) >= 11 is 0. The number of rotatable bonds is 9. The number of hydrogen-bond acceptors (Lipinski definition) is 3. The quantitative estimate of drug-likeness (QED) is 0.692. The van der Waals surface area contributed by atoms with Gasteiger partial charge in [0.1, 0.15) is 17.1 Å². The molecule has 1 aromatic rings. The second-order valence-corrected chi connectivity index (χ2v) is 4.99. The van der Waals surface area contributed by atoms with Gasteiger partial charge in [-0.15, -0.1) is 0 Å². The molecule has 1 atom stereocenters. The highest BCUT2D eigenvalue weighted by atomic mass is 16.5. The van der Waals surface area contributed by atoms with Gasteiger partial charge >= 0.3 is 0 Å². The molecule has 3 heteroatoms. The number of ether oxygens (including phenoxy) is 2. The number of hydrogen-bond donors (Lipinski definition) is 1. The zero-order valence-electron chi connectivity index (χ0n) is 12.7. The minimum Gasteiger partial charge on any atom is -0.494 e. The molecule has 108 valence electrons. The van der Waals surface area contributed by atoms with Crippen LogP contribution in [0.4, 0.5) is 0 Å². The van der Waals surface area contributed by atoms with E-state index < -0.39 is 0 Å². The molecular weight excluding hydrogens is 238 g/mol. The van der Waals surface area contributed by atoms with Crippen LogP contribution < -0.4 is 14.8 Å². The summed E-state index contributed by atoms with van der Waals surface area (Å²) in [5.74, 6) is 1.73. The third-order valence-corrected chi connectivity index (χ3v) is 3.15. The first-order chi connectivity index (χ1) is 9.13. The van der Waals surface area contributed by atoms with E-state index >= 15 is 0 Å². The van der Waals surface area contributed by atoms with Gasteiger partial charge < -0.3 is 14.8 Å². The van der Waals surface area contributed by atoms with Crippen molar-refractivity contribution in [2.75, 3.05) is 19.7 Å². The van der Waals surface area contributed by atoms with E-state index in [0.717, 1.165) is 37.4 Å². The van der Waals surface area contributed by atoms with E-state index in [-0.39, 0.29) is 5.60 Å². The molecule has 0 amide bonds. The second kappa shape index (κ2) is 8.05. The van der Waals surface area contributed by atoms with Gasteiger partial charge in [-0.1, -0.05) is 19.9 Å². The molecule has 0 radical (unpaired) electrons. The smallest absolute Gasteiger partial charge is 0.123 e. The van der Waals surface area contributed by atoms with Gasteiger partial charge in [-0.25, -0.2) is 0 Å². The Morgan fingerprint density at radius 3 is 2.53 bits per heavy atom. The average molecular weight is 265 g/mol. The van der Waals surface area contributed by atoms with Crippen LogP contribution >= 0.6 is 0 Å². The van der Waals surface area contributed by atoms with Crippen LogP contribution in [0, 0.1) is 0 Å². The van der Waals surface area contributed by atoms with E-state index in [1.807, 2.05) is 31.2 Å². The third-order valence-electron chi connectivity index (χ3n) is 3.15. The van der Waals surface area contributed by atoms with Crippen LogP contribution in [0.3, 0.4) is 0 Å². The van der Waals surface area contributed by atoms with Crippen molar-refractivity contribution in [3.8, 4) is 11.5 Å². The van der Waals surface area contributed by atoms with Crippen molar-refractivity contribution in [1.29, 1.82) is 0 Å². The van der Waals surface area contributed by atoms with Crippen molar-refractivity contribution < 1.29 is 9.47 Å². The largest absolute Gasteiger partial charge is 0.494 e. The van der Waals surface area contributed by atoms with Gasteiger partial charge in [-0.2, -0.15) is 0 Å². The normalized spacial score (nSPS) is 13.9. The Labute approximate surface area is 117 Å². The Kier molecular flexibility index (Phi) is 6.71. The molecule has 0 aliphatic rings. The van der Waals surface area contributed by atoms with Gasteiger partial charge in [-0.3, -0.25) is 0 Å². The van der Waals surface area contributed by atoms with E-state index in [2.05, 4.69) is 26.1 Å². The molecule has 0 bridgehead atoms. The predicted octanol–water partition coefficient (Wildman–Crippen LogP) is 3.63. The van der Waals surface area contributed by atoms with Crippen LogP contribution in [0.1, 0.15) is 40.5 Å². The Morgan fingerprint density at radius 2 is 1.89 bits per heavy atom. The minimum atomic E-state index is -0.181. The fourth-order valence-electron chi connectivity index (χ4n) is 1.84. The highest BCUT2D eigenvalue weighted by Gasteiger charge is 2.23. The maximum absolute atomic E-state index is 6.14. The molecule has 1 unspecified atom stereocenters. The van der Waals surface area contributed by atoms with E-state index in [9.17, 15) is 0 Å². The molecule has 1 rings (SSSR count). The average Bonchev–Trinajstić information content (AvgIpc) is 2.40. The van der Waals surface area contributed by atoms with E-state index in [0.29, 0.717) is 6.61 Å². The lowest BCUT2D eigenvalue weighted by Gasteiger charge is -2.30. The number of benzene rings is 1. The summed E-state index contributed by atoms with van der Waals surface area (Å²) in [7, 11) is 0. The fraction of sp³-hybridized carbons (Fsp3) is 0.625. The van der Waals surface area contributed by atoms with Crippen molar-refractivity contribution in [2.45, 2.75) is 46.1 Å². The monoisotopic (exact) mass is 265 g/mol. The van der Waals surface area contributed by atoms with Crippen LogP contribution in [0.25, 0.3) is 0 Å². The fourth-order valence-corrected chi connectivity index (χ4v) is 1.84. The van der Waals surface area contributed by atoms with Crippen molar-refractivity contribution >= 4 is 0 Å². The predicted molar refractivity (Wildman–Crippen MR) is 80.1 cm³/mol. The van der Waals surface area contributed by atoms with Gasteiger partial charge in [0, 0.05) is 12.6 Å². The van der Waals surface area contributed by atoms with Crippen molar-refractivity contribution in [1.82, 2.24) is 5.32 Å². The molecule has 0 heterocycles. The molecule has 1 aromatic carbocycles. The molecule has 0 saturated heterocycles. The molecule has 1 N–H and O–H groups in total. The highest BCUT2D eigenvalue weighted by molar-refractivity contribution is 5.33. The summed E-state index contributed by atoms with van der Waals surface area (Å²) in [6.07, 6.45) is 2.10. The Morgan fingerprint density at radius 1 is 1.16 bits per heavy atom. The first-order valence-corrected chi connectivity index (χ1v) is 7.26. The molecule has 0 spiro atoms. The van der Waals surface area contributed by atoms with Gasteiger partial charge in [-0.05, 0) is 45.4 Å². The zero-order valence-corrected chi connectivity index (χ0v) is 12.7. The van der Waals surface area contributed by atoms with Gasteiger partial charge in [0.25, 0.3) is 0 Å². The standard InChI is InChI=1S/C16H27NO2/c1-5-11-17-13-16(4,6-2)19-15-10-8-9-14(12-15)18-7-3/h8-10,12,17H,5-7,11,13H2,1-4H3. The molecular formula is C16H27NO2. The Balaban J connectivity index is 2.65. The summed E-state index contributed by atoms with van der Waals surface area (Å²) in [4.78, 5) is 0. The minimum absolute atomic E-state index is 0.181. The molecule has 0 aliphatic carbocycles. The van der Waals surface area contributed by atoms with E-state index in [1.54, 1.807) is 0 Å². The Hall–Kier alpha value is -1.22. The van der Waals surface area contributed by atoms with Crippen molar-refractivity contribution in [3.05, 3.63) is 24.3 Å². The summed E-state index contributed by atoms with van der Waals surface area (Å²) in [5.41, 5.74) is -0.181. The summed E-state index contributed by atoms with van der Waals surface area (Å²) in [6.45, 7) is 11.0. The first-order valence-electron chi connectivity index (χ1n) is 7.26. The van der Waals surface area contributed by atoms with Gasteiger partial charge in [0.2, 0.25) is 0 Å². The molecule has 19 heavy (non-hydrogen) atoms. The van der Waals surface area contributed by atoms with Gasteiger partial charge in [0.15, 0.2) is 0 Å². The summed E-state index contributed by atoms with van der Waals surface area (Å²) < 4.78 is 11.6. The topological polar surface area (TPSA) is 30.5 Å². The molecule has 0 fully saturated rings. The lowest BCUT2D eigenvalue weighted by Crippen LogP contribution is -2.42. The van der Waals surface area contributed by atoms with Crippen molar-refractivity contribution in [3.63, 3.8) is 0 Å². The second-order valence-electron chi connectivity index (χ2n) is 4.99. The molecule has 3 nitrogen and oxygen atoms in total. The summed E-state index contributed by atoms with van der Waals surface area (Å²) in [6, 6.07) is 7.86. The van der Waals surface area contributed by atoms with Crippen LogP contribution in [-0.4, -0.2) is 25.3 Å². The van der Waals surface area contributed by atoms with Crippen LogP contribution in [0.5, 0.6) is 11.5 Å².